The van der Waals surface area contributed by atoms with Gasteiger partial charge < -0.3 is 9.73 Å². The molecule has 1 amide bonds. The first-order valence-corrected chi connectivity index (χ1v) is 8.84. The smallest absolute Gasteiger partial charge is 0.234 e. The van der Waals surface area contributed by atoms with E-state index in [1.165, 1.54) is 36.0 Å². The zero-order valence-electron chi connectivity index (χ0n) is 14.1. The van der Waals surface area contributed by atoms with E-state index in [0.29, 0.717) is 23.2 Å². The molecule has 0 aliphatic carbocycles. The van der Waals surface area contributed by atoms with Crippen LogP contribution in [0.5, 0.6) is 0 Å². The molecule has 3 rings (SSSR count). The fourth-order valence-corrected chi connectivity index (χ4v) is 3.11. The zero-order chi connectivity index (χ0) is 18.5. The van der Waals surface area contributed by atoms with E-state index in [2.05, 4.69) is 22.1 Å². The zero-order valence-corrected chi connectivity index (χ0v) is 14.9. The molecule has 0 aliphatic rings. The van der Waals surface area contributed by atoms with E-state index in [1.54, 1.807) is 12.3 Å². The molecule has 0 fully saturated rings. The quantitative estimate of drug-likeness (QED) is 0.503. The largest absolute Gasteiger partial charge is 0.469 e. The number of aromatic nitrogens is 3. The molecule has 0 spiro atoms. The van der Waals surface area contributed by atoms with Gasteiger partial charge in [0.2, 0.25) is 5.91 Å². The Kier molecular flexibility index (Phi) is 5.52. The maximum Gasteiger partial charge on any atom is 0.234 e. The Morgan fingerprint density at radius 3 is 2.77 bits per heavy atom. The van der Waals surface area contributed by atoms with Gasteiger partial charge in [-0.15, -0.1) is 16.8 Å². The van der Waals surface area contributed by atoms with Crippen molar-refractivity contribution in [2.24, 2.45) is 0 Å². The van der Waals surface area contributed by atoms with Crippen LogP contribution < -0.4 is 5.32 Å². The van der Waals surface area contributed by atoms with E-state index >= 15 is 0 Å². The number of carbonyl (C=O) groups excluding carboxylic acids is 1. The third-order valence-corrected chi connectivity index (χ3v) is 4.56. The Bertz CT molecular complexity index is 918. The third-order valence-electron chi connectivity index (χ3n) is 3.59. The predicted molar refractivity (Wildman–Crippen MR) is 98.4 cm³/mol. The molecule has 0 saturated heterocycles. The van der Waals surface area contributed by atoms with Crippen molar-refractivity contribution in [3.05, 3.63) is 60.8 Å². The van der Waals surface area contributed by atoms with Crippen LogP contribution in [-0.2, 0) is 11.3 Å². The number of amides is 1. The van der Waals surface area contributed by atoms with Gasteiger partial charge in [0.1, 0.15) is 11.6 Å². The number of hydrogen-bond donors (Lipinski definition) is 1. The highest BCUT2D eigenvalue weighted by Gasteiger charge is 2.17. The fraction of sp³-hybridized carbons (Fsp3) is 0.167. The van der Waals surface area contributed by atoms with Crippen LogP contribution in [0.25, 0.3) is 11.4 Å². The molecule has 26 heavy (non-hydrogen) atoms. The highest BCUT2D eigenvalue weighted by Crippen LogP contribution is 2.27. The summed E-state index contributed by atoms with van der Waals surface area (Å²) < 4.78 is 20.1. The van der Waals surface area contributed by atoms with Crippen molar-refractivity contribution >= 4 is 23.4 Å². The molecule has 0 unspecified atom stereocenters. The number of allylic oxidation sites excluding steroid dienone is 1. The monoisotopic (exact) mass is 372 g/mol. The lowest BCUT2D eigenvalue weighted by molar-refractivity contribution is -0.113. The number of halogens is 1. The van der Waals surface area contributed by atoms with E-state index in [0.717, 1.165) is 11.3 Å². The van der Waals surface area contributed by atoms with Gasteiger partial charge in [-0.2, -0.15) is 0 Å². The van der Waals surface area contributed by atoms with Gasteiger partial charge in [-0.25, -0.2) is 4.39 Å². The summed E-state index contributed by atoms with van der Waals surface area (Å²) in [4.78, 5) is 12.1. The molecule has 6 nitrogen and oxygen atoms in total. The summed E-state index contributed by atoms with van der Waals surface area (Å²) in [6.45, 7) is 6.12. The summed E-state index contributed by atoms with van der Waals surface area (Å²) in [7, 11) is 0. The average molecular weight is 372 g/mol. The van der Waals surface area contributed by atoms with Gasteiger partial charge >= 0.3 is 0 Å². The molecule has 8 heteroatoms. The van der Waals surface area contributed by atoms with E-state index in [-0.39, 0.29) is 17.5 Å². The summed E-state index contributed by atoms with van der Waals surface area (Å²) in [6.07, 6.45) is 3.34. The molecule has 134 valence electrons. The first-order chi connectivity index (χ1) is 12.6. The molecule has 0 saturated carbocycles. The Hall–Kier alpha value is -2.87. The minimum atomic E-state index is -0.350. The van der Waals surface area contributed by atoms with E-state index in [1.807, 2.05) is 17.6 Å². The Morgan fingerprint density at radius 1 is 1.35 bits per heavy atom. The number of anilines is 1. The maximum absolute atomic E-state index is 12.9. The van der Waals surface area contributed by atoms with Crippen LogP contribution in [0.2, 0.25) is 0 Å². The molecule has 0 bridgehead atoms. The topological polar surface area (TPSA) is 73.0 Å². The maximum atomic E-state index is 12.9. The summed E-state index contributed by atoms with van der Waals surface area (Å²) in [6, 6.07) is 7.44. The average Bonchev–Trinajstić information content (AvgIpc) is 3.21. The van der Waals surface area contributed by atoms with Crippen molar-refractivity contribution in [2.45, 2.75) is 18.6 Å². The molecular formula is C18H17FN4O2S. The van der Waals surface area contributed by atoms with Crippen molar-refractivity contribution in [2.75, 3.05) is 11.1 Å². The lowest BCUT2D eigenvalue weighted by atomic mass is 10.2. The van der Waals surface area contributed by atoms with Crippen LogP contribution in [0.15, 0.2) is 58.8 Å². The second kappa shape index (κ2) is 8.01. The van der Waals surface area contributed by atoms with Crippen LogP contribution in [0.3, 0.4) is 0 Å². The van der Waals surface area contributed by atoms with Gasteiger partial charge in [-0.3, -0.25) is 9.36 Å². The van der Waals surface area contributed by atoms with Crippen molar-refractivity contribution < 1.29 is 13.6 Å². The van der Waals surface area contributed by atoms with Crippen LogP contribution in [0.4, 0.5) is 10.1 Å². The number of thioether (sulfide) groups is 1. The fourth-order valence-electron chi connectivity index (χ4n) is 2.37. The Morgan fingerprint density at radius 2 is 2.12 bits per heavy atom. The highest BCUT2D eigenvalue weighted by atomic mass is 32.2. The predicted octanol–water partition coefficient (Wildman–Crippen LogP) is 3.90. The minimum absolute atomic E-state index is 0.150. The van der Waals surface area contributed by atoms with Gasteiger partial charge in [-0.1, -0.05) is 17.8 Å². The SMILES string of the molecule is C=CCn1c(SCC(=O)Nc2ccc(F)cc2)nnc1-c1ccoc1C. The number of carbonyl (C=O) groups is 1. The molecular weight excluding hydrogens is 355 g/mol. The summed E-state index contributed by atoms with van der Waals surface area (Å²) in [5.74, 6) is 0.996. The second-order valence-corrected chi connectivity index (χ2v) is 6.38. The van der Waals surface area contributed by atoms with Crippen molar-refractivity contribution in [1.29, 1.82) is 0 Å². The van der Waals surface area contributed by atoms with Crippen molar-refractivity contribution in [3.8, 4) is 11.4 Å². The normalized spacial score (nSPS) is 10.7. The molecule has 3 aromatic rings. The molecule has 2 aromatic heterocycles. The molecule has 0 aliphatic heterocycles. The molecule has 2 heterocycles. The van der Waals surface area contributed by atoms with Crippen molar-refractivity contribution in [1.82, 2.24) is 14.8 Å². The Balaban J connectivity index is 1.70. The number of nitrogens with zero attached hydrogens (tertiary/aromatic N) is 3. The first kappa shape index (κ1) is 17.9. The van der Waals surface area contributed by atoms with Crippen molar-refractivity contribution in [3.63, 3.8) is 0 Å². The van der Waals surface area contributed by atoms with Crippen LogP contribution in [0.1, 0.15) is 5.76 Å². The lowest BCUT2D eigenvalue weighted by Gasteiger charge is -2.08. The minimum Gasteiger partial charge on any atom is -0.469 e. The van der Waals surface area contributed by atoms with Gasteiger partial charge in [-0.05, 0) is 37.3 Å². The number of aryl methyl sites for hydroxylation is 1. The van der Waals surface area contributed by atoms with E-state index in [9.17, 15) is 9.18 Å². The number of benzene rings is 1. The Labute approximate surface area is 154 Å². The van der Waals surface area contributed by atoms with E-state index < -0.39 is 0 Å². The molecule has 1 aromatic carbocycles. The lowest BCUT2D eigenvalue weighted by Crippen LogP contribution is -2.14. The number of rotatable bonds is 7. The standard InChI is InChI=1S/C18H17FN4O2S/c1-3-9-23-17(15-8-10-25-12(15)2)21-22-18(23)26-11-16(24)20-14-6-4-13(19)5-7-14/h3-8,10H,1,9,11H2,2H3,(H,20,24). The number of nitrogens with one attached hydrogen (secondary N) is 1. The first-order valence-electron chi connectivity index (χ1n) is 7.85. The number of furan rings is 1. The molecule has 0 atom stereocenters. The van der Waals surface area contributed by atoms with Gasteiger partial charge in [0.15, 0.2) is 11.0 Å². The molecule has 0 radical (unpaired) electrons. The van der Waals surface area contributed by atoms with E-state index in [4.69, 9.17) is 4.42 Å². The summed E-state index contributed by atoms with van der Waals surface area (Å²) in [5.41, 5.74) is 1.39. The van der Waals surface area contributed by atoms with Crippen LogP contribution >= 0.6 is 11.8 Å². The molecule has 1 N–H and O–H groups in total. The van der Waals surface area contributed by atoms with Gasteiger partial charge in [0, 0.05) is 12.2 Å². The van der Waals surface area contributed by atoms with Crippen LogP contribution in [0, 0.1) is 12.7 Å². The summed E-state index contributed by atoms with van der Waals surface area (Å²) >= 11 is 1.27. The van der Waals surface area contributed by atoms with Crippen LogP contribution in [-0.4, -0.2) is 26.4 Å². The van der Waals surface area contributed by atoms with Gasteiger partial charge in [0.25, 0.3) is 0 Å². The highest BCUT2D eigenvalue weighted by molar-refractivity contribution is 7.99. The van der Waals surface area contributed by atoms with Gasteiger partial charge in [0.05, 0.1) is 17.6 Å². The number of hydrogen-bond acceptors (Lipinski definition) is 5. The second-order valence-electron chi connectivity index (χ2n) is 5.44. The third kappa shape index (κ3) is 4.02. The summed E-state index contributed by atoms with van der Waals surface area (Å²) in [5, 5.41) is 11.7.